The molecule has 17 heavy (non-hydrogen) atoms. The van der Waals surface area contributed by atoms with Gasteiger partial charge in [-0.25, -0.2) is 13.4 Å². The Morgan fingerprint density at radius 2 is 2.12 bits per heavy atom. The molecule has 0 spiro atoms. The number of hydrogen-bond acceptors (Lipinski definition) is 5. The van der Waals surface area contributed by atoms with Crippen molar-refractivity contribution < 1.29 is 8.42 Å². The molecule has 0 aliphatic rings. The van der Waals surface area contributed by atoms with E-state index in [0.29, 0.717) is 12.4 Å². The molecule has 0 aliphatic carbocycles. The largest absolute Gasteiger partial charge is 0.326 e. The topological polar surface area (TPSA) is 85.1 Å². The van der Waals surface area contributed by atoms with Gasteiger partial charge in [-0.3, -0.25) is 4.72 Å². The molecule has 0 fully saturated rings. The zero-order chi connectivity index (χ0) is 12.3. The lowest BCUT2D eigenvalue weighted by atomic mass is 10.5. The van der Waals surface area contributed by atoms with Gasteiger partial charge in [0.05, 0.1) is 0 Å². The molecular formula is C10H11N3O2S2. The second kappa shape index (κ2) is 4.82. The van der Waals surface area contributed by atoms with Crippen molar-refractivity contribution in [3.63, 3.8) is 0 Å². The minimum absolute atomic E-state index is 0.239. The lowest BCUT2D eigenvalue weighted by Crippen LogP contribution is -2.12. The Bertz CT molecular complexity index is 593. The van der Waals surface area contributed by atoms with Gasteiger partial charge >= 0.3 is 0 Å². The predicted molar refractivity (Wildman–Crippen MR) is 67.3 cm³/mol. The molecule has 0 unspecified atom stereocenters. The SMILES string of the molecule is NCc1ccc(S(=O)(=O)Nc2ccccn2)s1. The van der Waals surface area contributed by atoms with E-state index in [-0.39, 0.29) is 4.21 Å². The molecule has 2 aromatic rings. The van der Waals surface area contributed by atoms with Crippen molar-refractivity contribution in [2.45, 2.75) is 10.8 Å². The van der Waals surface area contributed by atoms with Crippen molar-refractivity contribution in [2.75, 3.05) is 4.72 Å². The minimum Gasteiger partial charge on any atom is -0.326 e. The second-order valence-corrected chi connectivity index (χ2v) is 6.32. The van der Waals surface area contributed by atoms with Crippen LogP contribution < -0.4 is 10.5 Å². The Kier molecular flexibility index (Phi) is 3.41. The smallest absolute Gasteiger partial charge is 0.272 e. The van der Waals surface area contributed by atoms with Crippen LogP contribution in [0.4, 0.5) is 5.82 Å². The lowest BCUT2D eigenvalue weighted by Gasteiger charge is -2.04. The molecule has 0 saturated carbocycles. The first-order valence-corrected chi connectivity index (χ1v) is 7.14. The number of rotatable bonds is 4. The first kappa shape index (κ1) is 12.0. The van der Waals surface area contributed by atoms with Crippen LogP contribution in [0.1, 0.15) is 4.88 Å². The third-order valence-corrected chi connectivity index (χ3v) is 4.96. The summed E-state index contributed by atoms with van der Waals surface area (Å²) in [6.45, 7) is 0.337. The molecule has 0 saturated heterocycles. The van der Waals surface area contributed by atoms with E-state index in [4.69, 9.17) is 5.73 Å². The highest BCUT2D eigenvalue weighted by Crippen LogP contribution is 2.22. The van der Waals surface area contributed by atoms with Crippen LogP contribution in [0.25, 0.3) is 0 Å². The highest BCUT2D eigenvalue weighted by atomic mass is 32.2. The van der Waals surface area contributed by atoms with Crippen LogP contribution >= 0.6 is 11.3 Å². The summed E-state index contributed by atoms with van der Waals surface area (Å²) < 4.78 is 26.5. The molecule has 2 rings (SSSR count). The first-order valence-electron chi connectivity index (χ1n) is 4.84. The summed E-state index contributed by atoms with van der Waals surface area (Å²) in [5.74, 6) is 0.301. The number of pyridine rings is 1. The van der Waals surface area contributed by atoms with E-state index in [1.807, 2.05) is 0 Å². The Labute approximate surface area is 103 Å². The van der Waals surface area contributed by atoms with Crippen LogP contribution in [0.2, 0.25) is 0 Å². The highest BCUT2D eigenvalue weighted by Gasteiger charge is 2.16. The van der Waals surface area contributed by atoms with Crippen molar-refractivity contribution in [1.82, 2.24) is 4.98 Å². The standard InChI is InChI=1S/C10H11N3O2S2/c11-7-8-4-5-10(16-8)17(14,15)13-9-3-1-2-6-12-9/h1-6H,7,11H2,(H,12,13). The zero-order valence-corrected chi connectivity index (χ0v) is 10.5. The summed E-state index contributed by atoms with van der Waals surface area (Å²) >= 11 is 1.16. The van der Waals surface area contributed by atoms with Gasteiger partial charge in [0.15, 0.2) is 0 Å². The zero-order valence-electron chi connectivity index (χ0n) is 8.83. The third kappa shape index (κ3) is 2.82. The Morgan fingerprint density at radius 3 is 2.71 bits per heavy atom. The lowest BCUT2D eigenvalue weighted by molar-refractivity contribution is 0.603. The number of hydrogen-bond donors (Lipinski definition) is 2. The van der Waals surface area contributed by atoms with Gasteiger partial charge in [-0.1, -0.05) is 6.07 Å². The fourth-order valence-corrected chi connectivity index (χ4v) is 3.47. The Hall–Kier alpha value is -1.44. The number of thiophene rings is 1. The molecule has 7 heteroatoms. The van der Waals surface area contributed by atoms with Crippen molar-refractivity contribution in [3.8, 4) is 0 Å². The van der Waals surface area contributed by atoms with Crippen LogP contribution in [0.15, 0.2) is 40.7 Å². The van der Waals surface area contributed by atoms with Crippen LogP contribution in [0.3, 0.4) is 0 Å². The summed E-state index contributed by atoms with van der Waals surface area (Å²) in [7, 11) is -3.55. The molecular weight excluding hydrogens is 258 g/mol. The fraction of sp³-hybridized carbons (Fsp3) is 0.100. The third-order valence-electron chi connectivity index (χ3n) is 2.01. The van der Waals surface area contributed by atoms with Crippen molar-refractivity contribution in [1.29, 1.82) is 0 Å². The van der Waals surface area contributed by atoms with Gasteiger partial charge in [0.2, 0.25) is 0 Å². The summed E-state index contributed by atoms with van der Waals surface area (Å²) in [4.78, 5) is 4.73. The van der Waals surface area contributed by atoms with E-state index in [9.17, 15) is 8.42 Å². The molecule has 0 bridgehead atoms. The first-order chi connectivity index (χ1) is 8.12. The summed E-state index contributed by atoms with van der Waals surface area (Å²) in [5.41, 5.74) is 5.44. The second-order valence-electron chi connectivity index (χ2n) is 3.25. The number of sulfonamides is 1. The van der Waals surface area contributed by atoms with E-state index in [1.165, 1.54) is 12.3 Å². The summed E-state index contributed by atoms with van der Waals surface area (Å²) in [6.07, 6.45) is 1.53. The number of nitrogens with zero attached hydrogens (tertiary/aromatic N) is 1. The van der Waals surface area contributed by atoms with Crippen molar-refractivity contribution >= 4 is 27.2 Å². The maximum atomic E-state index is 11.9. The molecule has 3 N–H and O–H groups in total. The number of aromatic nitrogens is 1. The number of nitrogens with two attached hydrogens (primary N) is 1. The van der Waals surface area contributed by atoms with E-state index in [0.717, 1.165) is 16.2 Å². The van der Waals surface area contributed by atoms with Crippen LogP contribution in [0, 0.1) is 0 Å². The number of nitrogens with one attached hydrogen (secondary N) is 1. The quantitative estimate of drug-likeness (QED) is 0.878. The Morgan fingerprint density at radius 1 is 1.29 bits per heavy atom. The molecule has 2 aromatic heterocycles. The van der Waals surface area contributed by atoms with Crippen molar-refractivity contribution in [3.05, 3.63) is 41.4 Å². The average molecular weight is 269 g/mol. The molecule has 0 amide bonds. The van der Waals surface area contributed by atoms with Gasteiger partial charge < -0.3 is 5.73 Å². The van der Waals surface area contributed by atoms with E-state index >= 15 is 0 Å². The highest BCUT2D eigenvalue weighted by molar-refractivity contribution is 7.94. The monoisotopic (exact) mass is 269 g/mol. The molecule has 5 nitrogen and oxygen atoms in total. The molecule has 90 valence electrons. The maximum absolute atomic E-state index is 11.9. The molecule has 2 heterocycles. The van der Waals surface area contributed by atoms with E-state index in [1.54, 1.807) is 24.3 Å². The van der Waals surface area contributed by atoms with Gasteiger partial charge in [0.25, 0.3) is 10.0 Å². The van der Waals surface area contributed by atoms with Gasteiger partial charge in [0, 0.05) is 17.6 Å². The molecule has 0 atom stereocenters. The summed E-state index contributed by atoms with van der Waals surface area (Å²) in [5, 5.41) is 0. The molecule has 0 radical (unpaired) electrons. The van der Waals surface area contributed by atoms with Crippen molar-refractivity contribution in [2.24, 2.45) is 5.73 Å². The van der Waals surface area contributed by atoms with Gasteiger partial charge in [-0.15, -0.1) is 11.3 Å². The van der Waals surface area contributed by atoms with E-state index in [2.05, 4.69) is 9.71 Å². The van der Waals surface area contributed by atoms with Gasteiger partial charge in [-0.2, -0.15) is 0 Å². The predicted octanol–water partition coefficient (Wildman–Crippen LogP) is 1.40. The number of anilines is 1. The molecule has 0 aromatic carbocycles. The van der Waals surface area contributed by atoms with E-state index < -0.39 is 10.0 Å². The van der Waals surface area contributed by atoms with Crippen LogP contribution in [-0.2, 0) is 16.6 Å². The molecule has 0 aliphatic heterocycles. The average Bonchev–Trinajstić information content (AvgIpc) is 2.79. The van der Waals surface area contributed by atoms with Crippen LogP contribution in [-0.4, -0.2) is 13.4 Å². The Balaban J connectivity index is 2.25. The van der Waals surface area contributed by atoms with Crippen LogP contribution in [0.5, 0.6) is 0 Å². The minimum atomic E-state index is -3.55. The fourth-order valence-electron chi connectivity index (χ4n) is 1.22. The normalized spacial score (nSPS) is 11.4. The van der Waals surface area contributed by atoms with Gasteiger partial charge in [0.1, 0.15) is 10.0 Å². The van der Waals surface area contributed by atoms with Gasteiger partial charge in [-0.05, 0) is 24.3 Å². The maximum Gasteiger partial charge on any atom is 0.272 e. The summed E-state index contributed by atoms with van der Waals surface area (Å²) in [6, 6.07) is 8.27.